The minimum atomic E-state index is -4.33. The van der Waals surface area contributed by atoms with E-state index in [0.29, 0.717) is 12.8 Å². The fraction of sp³-hybridized carbons (Fsp3) is 0.600. The number of ether oxygens (including phenoxy) is 1. The van der Waals surface area contributed by atoms with Crippen molar-refractivity contribution in [3.8, 4) is 0 Å². The molecule has 2 nitrogen and oxygen atoms in total. The first-order chi connectivity index (χ1) is 7.47. The van der Waals surface area contributed by atoms with Gasteiger partial charge >= 0.3 is 6.18 Å². The maximum Gasteiger partial charge on any atom is 0.411 e. The van der Waals surface area contributed by atoms with E-state index in [1.54, 1.807) is 11.3 Å². The van der Waals surface area contributed by atoms with Gasteiger partial charge in [-0.15, -0.1) is 11.3 Å². The van der Waals surface area contributed by atoms with Crippen molar-refractivity contribution in [2.45, 2.75) is 25.1 Å². The standard InChI is InChI=1S/C10H13F3O2S/c11-10(12,13)7-15-6-8(14)3-4-9-2-1-5-16-9/h1-2,5,8,14H,3-4,6-7H2. The smallest absolute Gasteiger partial charge is 0.391 e. The van der Waals surface area contributed by atoms with Gasteiger partial charge in [-0.2, -0.15) is 13.2 Å². The summed E-state index contributed by atoms with van der Waals surface area (Å²) in [4.78, 5) is 1.11. The van der Waals surface area contributed by atoms with Gasteiger partial charge in [-0.3, -0.25) is 0 Å². The van der Waals surface area contributed by atoms with Crippen LogP contribution in [-0.4, -0.2) is 30.6 Å². The molecule has 0 spiro atoms. The third kappa shape index (κ3) is 6.09. The Balaban J connectivity index is 2.09. The maximum absolute atomic E-state index is 11.7. The molecule has 0 saturated carbocycles. The summed E-state index contributed by atoms with van der Waals surface area (Å²) < 4.78 is 39.5. The second kappa shape index (κ2) is 6.22. The molecule has 0 radical (unpaired) electrons. The number of aliphatic hydroxyl groups is 1. The lowest BCUT2D eigenvalue weighted by Crippen LogP contribution is -2.23. The van der Waals surface area contributed by atoms with E-state index < -0.39 is 18.9 Å². The molecule has 1 heterocycles. The monoisotopic (exact) mass is 254 g/mol. The zero-order valence-corrected chi connectivity index (χ0v) is 9.35. The first-order valence-corrected chi connectivity index (χ1v) is 5.70. The Labute approximate surface area is 95.7 Å². The van der Waals surface area contributed by atoms with E-state index in [-0.39, 0.29) is 6.61 Å². The van der Waals surface area contributed by atoms with E-state index in [1.165, 1.54) is 0 Å². The first kappa shape index (κ1) is 13.5. The van der Waals surface area contributed by atoms with Crippen molar-refractivity contribution in [1.29, 1.82) is 0 Å². The highest BCUT2D eigenvalue weighted by molar-refractivity contribution is 7.09. The van der Waals surface area contributed by atoms with Gasteiger partial charge in [-0.05, 0) is 24.3 Å². The van der Waals surface area contributed by atoms with Gasteiger partial charge in [-0.25, -0.2) is 0 Å². The van der Waals surface area contributed by atoms with E-state index in [4.69, 9.17) is 0 Å². The Kier molecular flexibility index (Phi) is 5.24. The van der Waals surface area contributed by atoms with Crippen LogP contribution < -0.4 is 0 Å². The van der Waals surface area contributed by atoms with Crippen molar-refractivity contribution < 1.29 is 23.0 Å². The van der Waals surface area contributed by atoms with Gasteiger partial charge in [0.2, 0.25) is 0 Å². The van der Waals surface area contributed by atoms with E-state index in [1.807, 2.05) is 17.5 Å². The topological polar surface area (TPSA) is 29.5 Å². The number of hydrogen-bond acceptors (Lipinski definition) is 3. The number of alkyl halides is 3. The predicted octanol–water partition coefficient (Wildman–Crippen LogP) is 2.62. The summed E-state index contributed by atoms with van der Waals surface area (Å²) in [5, 5.41) is 11.3. The van der Waals surface area contributed by atoms with Crippen molar-refractivity contribution in [3.63, 3.8) is 0 Å². The lowest BCUT2D eigenvalue weighted by atomic mass is 10.2. The number of halogens is 3. The van der Waals surface area contributed by atoms with Crippen LogP contribution in [-0.2, 0) is 11.2 Å². The van der Waals surface area contributed by atoms with E-state index in [0.717, 1.165) is 4.88 Å². The van der Waals surface area contributed by atoms with Gasteiger partial charge < -0.3 is 9.84 Å². The maximum atomic E-state index is 11.7. The molecule has 0 fully saturated rings. The Morgan fingerprint density at radius 2 is 2.19 bits per heavy atom. The van der Waals surface area contributed by atoms with Crippen LogP contribution in [0.15, 0.2) is 17.5 Å². The van der Waals surface area contributed by atoms with Gasteiger partial charge in [0.05, 0.1) is 12.7 Å². The SMILES string of the molecule is OC(CCc1cccs1)COCC(F)(F)F. The second-order valence-electron chi connectivity index (χ2n) is 3.40. The van der Waals surface area contributed by atoms with Crippen molar-refractivity contribution in [1.82, 2.24) is 0 Å². The molecule has 0 amide bonds. The minimum Gasteiger partial charge on any atom is -0.391 e. The highest BCUT2D eigenvalue weighted by atomic mass is 32.1. The van der Waals surface area contributed by atoms with Crippen molar-refractivity contribution in [2.75, 3.05) is 13.2 Å². The number of aryl methyl sites for hydroxylation is 1. The Morgan fingerprint density at radius 3 is 2.75 bits per heavy atom. The molecule has 92 valence electrons. The predicted molar refractivity (Wildman–Crippen MR) is 55.5 cm³/mol. The average molecular weight is 254 g/mol. The zero-order chi connectivity index (χ0) is 12.0. The van der Waals surface area contributed by atoms with Gasteiger partial charge in [0, 0.05) is 4.88 Å². The number of rotatable bonds is 6. The van der Waals surface area contributed by atoms with Gasteiger partial charge in [0.15, 0.2) is 0 Å². The number of hydrogen-bond donors (Lipinski definition) is 1. The summed E-state index contributed by atoms with van der Waals surface area (Å²) in [6.07, 6.45) is -4.09. The van der Waals surface area contributed by atoms with Crippen LogP contribution in [0.1, 0.15) is 11.3 Å². The minimum absolute atomic E-state index is 0.273. The van der Waals surface area contributed by atoms with Crippen molar-refractivity contribution in [2.24, 2.45) is 0 Å². The first-order valence-electron chi connectivity index (χ1n) is 4.82. The van der Waals surface area contributed by atoms with E-state index in [2.05, 4.69) is 4.74 Å². The normalized spacial score (nSPS) is 14.0. The molecule has 1 aromatic rings. The van der Waals surface area contributed by atoms with Gasteiger partial charge in [0.1, 0.15) is 6.61 Å². The number of thiophene rings is 1. The lowest BCUT2D eigenvalue weighted by molar-refractivity contribution is -0.179. The molecule has 0 saturated heterocycles. The zero-order valence-electron chi connectivity index (χ0n) is 8.54. The summed E-state index contributed by atoms with van der Waals surface area (Å²) in [6, 6.07) is 3.82. The van der Waals surface area contributed by atoms with Gasteiger partial charge in [-0.1, -0.05) is 6.07 Å². The Morgan fingerprint density at radius 1 is 1.44 bits per heavy atom. The van der Waals surface area contributed by atoms with Crippen LogP contribution in [0.2, 0.25) is 0 Å². The average Bonchev–Trinajstić information content (AvgIpc) is 2.65. The molecule has 0 aliphatic rings. The highest BCUT2D eigenvalue weighted by Crippen LogP contribution is 2.15. The van der Waals surface area contributed by atoms with Crippen LogP contribution >= 0.6 is 11.3 Å². The molecular weight excluding hydrogens is 241 g/mol. The summed E-state index contributed by atoms with van der Waals surface area (Å²) >= 11 is 1.56. The molecule has 16 heavy (non-hydrogen) atoms. The molecule has 1 unspecified atom stereocenters. The van der Waals surface area contributed by atoms with E-state index in [9.17, 15) is 18.3 Å². The molecule has 0 aliphatic heterocycles. The van der Waals surface area contributed by atoms with Crippen LogP contribution in [0.3, 0.4) is 0 Å². The van der Waals surface area contributed by atoms with Crippen LogP contribution in [0.5, 0.6) is 0 Å². The van der Waals surface area contributed by atoms with Crippen molar-refractivity contribution >= 4 is 11.3 Å². The molecule has 1 N–H and O–H groups in total. The fourth-order valence-corrected chi connectivity index (χ4v) is 1.88. The van der Waals surface area contributed by atoms with Crippen LogP contribution in [0, 0.1) is 0 Å². The van der Waals surface area contributed by atoms with Gasteiger partial charge in [0.25, 0.3) is 0 Å². The second-order valence-corrected chi connectivity index (χ2v) is 4.43. The van der Waals surface area contributed by atoms with E-state index >= 15 is 0 Å². The third-order valence-electron chi connectivity index (χ3n) is 1.88. The summed E-state index contributed by atoms with van der Waals surface area (Å²) in [5.74, 6) is 0. The quantitative estimate of drug-likeness (QED) is 0.845. The number of aliphatic hydroxyl groups excluding tert-OH is 1. The highest BCUT2D eigenvalue weighted by Gasteiger charge is 2.27. The molecule has 1 atom stereocenters. The Bertz CT molecular complexity index is 285. The van der Waals surface area contributed by atoms with Crippen molar-refractivity contribution in [3.05, 3.63) is 22.4 Å². The lowest BCUT2D eigenvalue weighted by Gasteiger charge is -2.12. The summed E-state index contributed by atoms with van der Waals surface area (Å²) in [7, 11) is 0. The molecule has 1 aromatic heterocycles. The summed E-state index contributed by atoms with van der Waals surface area (Å²) in [5.41, 5.74) is 0. The molecule has 1 rings (SSSR count). The third-order valence-corrected chi connectivity index (χ3v) is 2.82. The molecule has 0 bridgehead atoms. The fourth-order valence-electron chi connectivity index (χ4n) is 1.16. The Hall–Kier alpha value is -0.590. The van der Waals surface area contributed by atoms with Crippen LogP contribution in [0.4, 0.5) is 13.2 Å². The summed E-state index contributed by atoms with van der Waals surface area (Å²) in [6.45, 7) is -1.58. The molecular formula is C10H13F3O2S. The van der Waals surface area contributed by atoms with Crippen LogP contribution in [0.25, 0.3) is 0 Å². The molecule has 0 aliphatic carbocycles. The largest absolute Gasteiger partial charge is 0.411 e. The molecule has 6 heteroatoms. The molecule has 0 aromatic carbocycles.